The van der Waals surface area contributed by atoms with Crippen LogP contribution in [0.3, 0.4) is 0 Å². The van der Waals surface area contributed by atoms with Gasteiger partial charge < -0.3 is 14.5 Å². The predicted octanol–water partition coefficient (Wildman–Crippen LogP) is 2.25. The van der Waals surface area contributed by atoms with E-state index in [1.54, 1.807) is 11.8 Å². The number of hydrogen-bond donors (Lipinski definition) is 0. The number of carbonyl (C=O) groups is 1. The van der Waals surface area contributed by atoms with Crippen LogP contribution in [0.2, 0.25) is 0 Å². The second-order valence-corrected chi connectivity index (χ2v) is 7.11. The molecule has 2 aromatic carbocycles. The third-order valence-electron chi connectivity index (χ3n) is 5.50. The van der Waals surface area contributed by atoms with Crippen molar-refractivity contribution in [3.8, 4) is 11.4 Å². The lowest BCUT2D eigenvalue weighted by molar-refractivity contribution is 0.0746. The molecular formula is C21H24N6O2. The van der Waals surface area contributed by atoms with Crippen LogP contribution >= 0.6 is 0 Å². The lowest BCUT2D eigenvalue weighted by Crippen LogP contribution is -2.49. The first-order chi connectivity index (χ1) is 14.1. The Morgan fingerprint density at radius 2 is 1.79 bits per heavy atom. The van der Waals surface area contributed by atoms with E-state index in [4.69, 9.17) is 4.74 Å². The molecular weight excluding hydrogens is 368 g/mol. The van der Waals surface area contributed by atoms with Crippen molar-refractivity contribution in [2.75, 3.05) is 38.2 Å². The highest BCUT2D eigenvalue weighted by molar-refractivity contribution is 5.98. The Kier molecular flexibility index (Phi) is 5.16. The highest BCUT2D eigenvalue weighted by Crippen LogP contribution is 2.29. The summed E-state index contributed by atoms with van der Waals surface area (Å²) in [5.74, 6) is 0.848. The van der Waals surface area contributed by atoms with E-state index >= 15 is 0 Å². The van der Waals surface area contributed by atoms with Crippen LogP contribution in [0.1, 0.15) is 21.5 Å². The Bertz CT molecular complexity index is 1010. The van der Waals surface area contributed by atoms with Gasteiger partial charge in [0.25, 0.3) is 5.91 Å². The predicted molar refractivity (Wildman–Crippen MR) is 110 cm³/mol. The molecule has 1 aliphatic rings. The smallest absolute Gasteiger partial charge is 0.256 e. The van der Waals surface area contributed by atoms with Gasteiger partial charge in [0.2, 0.25) is 0 Å². The SMILES string of the molecule is COc1ccccc1N1CCN(C(=O)c2ccc(C)c(C)c2-n2cnnn2)CC1. The van der Waals surface area contributed by atoms with Gasteiger partial charge in [0.15, 0.2) is 0 Å². The second-order valence-electron chi connectivity index (χ2n) is 7.11. The van der Waals surface area contributed by atoms with Crippen molar-refractivity contribution in [1.82, 2.24) is 25.1 Å². The van der Waals surface area contributed by atoms with Crippen LogP contribution in [-0.2, 0) is 0 Å². The zero-order valence-electron chi connectivity index (χ0n) is 16.9. The molecule has 0 N–H and O–H groups in total. The highest BCUT2D eigenvalue weighted by atomic mass is 16.5. The van der Waals surface area contributed by atoms with Gasteiger partial charge in [-0.2, -0.15) is 4.68 Å². The van der Waals surface area contributed by atoms with Crippen LogP contribution in [0, 0.1) is 13.8 Å². The number of para-hydroxylation sites is 2. The Balaban J connectivity index is 1.56. The van der Waals surface area contributed by atoms with E-state index in [1.807, 2.05) is 49.1 Å². The van der Waals surface area contributed by atoms with Crippen LogP contribution in [0.25, 0.3) is 5.69 Å². The normalized spacial score (nSPS) is 14.2. The molecule has 29 heavy (non-hydrogen) atoms. The summed E-state index contributed by atoms with van der Waals surface area (Å²) in [6, 6.07) is 11.8. The number of anilines is 1. The molecule has 2 heterocycles. The Morgan fingerprint density at radius 1 is 1.03 bits per heavy atom. The first kappa shape index (κ1) is 18.9. The number of rotatable bonds is 4. The van der Waals surface area contributed by atoms with E-state index in [1.165, 1.54) is 6.33 Å². The maximum atomic E-state index is 13.3. The number of carbonyl (C=O) groups excluding carboxylic acids is 1. The molecule has 1 aliphatic heterocycles. The van der Waals surface area contributed by atoms with E-state index in [2.05, 4.69) is 26.5 Å². The number of ether oxygens (including phenoxy) is 1. The molecule has 0 saturated carbocycles. The van der Waals surface area contributed by atoms with Crippen LogP contribution in [0.4, 0.5) is 5.69 Å². The number of tetrazole rings is 1. The summed E-state index contributed by atoms with van der Waals surface area (Å²) in [7, 11) is 1.68. The average Bonchev–Trinajstić information content (AvgIpc) is 3.29. The molecule has 0 bridgehead atoms. The fourth-order valence-electron chi connectivity index (χ4n) is 3.74. The molecule has 1 amide bonds. The quantitative estimate of drug-likeness (QED) is 0.678. The van der Waals surface area contributed by atoms with Crippen molar-refractivity contribution in [3.05, 3.63) is 59.4 Å². The molecule has 4 rings (SSSR count). The number of piperazine rings is 1. The summed E-state index contributed by atoms with van der Waals surface area (Å²) in [6.07, 6.45) is 1.53. The fraction of sp³-hybridized carbons (Fsp3) is 0.333. The molecule has 8 heteroatoms. The topological polar surface area (TPSA) is 76.4 Å². The second kappa shape index (κ2) is 7.90. The number of methoxy groups -OCH3 is 1. The minimum Gasteiger partial charge on any atom is -0.495 e. The Morgan fingerprint density at radius 3 is 2.48 bits per heavy atom. The molecule has 1 fully saturated rings. The first-order valence-electron chi connectivity index (χ1n) is 9.61. The Hall–Kier alpha value is -3.42. The molecule has 0 atom stereocenters. The summed E-state index contributed by atoms with van der Waals surface area (Å²) in [5.41, 5.74) is 4.50. The minimum atomic E-state index is -0.00160. The van der Waals surface area contributed by atoms with Crippen molar-refractivity contribution in [3.63, 3.8) is 0 Å². The maximum absolute atomic E-state index is 13.3. The van der Waals surface area contributed by atoms with E-state index in [9.17, 15) is 4.79 Å². The number of aromatic nitrogens is 4. The molecule has 0 spiro atoms. The van der Waals surface area contributed by atoms with Crippen LogP contribution in [0.5, 0.6) is 5.75 Å². The van der Waals surface area contributed by atoms with E-state index < -0.39 is 0 Å². The third kappa shape index (κ3) is 3.53. The minimum absolute atomic E-state index is 0.00160. The molecule has 0 radical (unpaired) electrons. The number of hydrogen-bond acceptors (Lipinski definition) is 6. The summed E-state index contributed by atoms with van der Waals surface area (Å²) in [5, 5.41) is 11.5. The van der Waals surface area contributed by atoms with Gasteiger partial charge in [0, 0.05) is 26.2 Å². The molecule has 0 unspecified atom stereocenters. The van der Waals surface area contributed by atoms with Crippen LogP contribution in [-0.4, -0.2) is 64.3 Å². The Labute approximate surface area is 169 Å². The molecule has 1 aromatic heterocycles. The van der Waals surface area contributed by atoms with Gasteiger partial charge in [0.1, 0.15) is 12.1 Å². The first-order valence-corrected chi connectivity index (χ1v) is 9.61. The number of nitrogens with zero attached hydrogens (tertiary/aromatic N) is 6. The molecule has 8 nitrogen and oxygen atoms in total. The average molecular weight is 392 g/mol. The zero-order valence-corrected chi connectivity index (χ0v) is 16.9. The van der Waals surface area contributed by atoms with Crippen molar-refractivity contribution in [2.24, 2.45) is 0 Å². The van der Waals surface area contributed by atoms with E-state index in [0.29, 0.717) is 18.7 Å². The van der Waals surface area contributed by atoms with Gasteiger partial charge in [-0.3, -0.25) is 4.79 Å². The number of benzene rings is 2. The number of aryl methyl sites for hydroxylation is 1. The van der Waals surface area contributed by atoms with E-state index in [0.717, 1.165) is 41.3 Å². The van der Waals surface area contributed by atoms with E-state index in [-0.39, 0.29) is 5.91 Å². The van der Waals surface area contributed by atoms with Crippen molar-refractivity contribution >= 4 is 11.6 Å². The van der Waals surface area contributed by atoms with Gasteiger partial charge in [-0.05, 0) is 53.6 Å². The van der Waals surface area contributed by atoms with Crippen molar-refractivity contribution in [1.29, 1.82) is 0 Å². The van der Waals surface area contributed by atoms with Crippen molar-refractivity contribution in [2.45, 2.75) is 13.8 Å². The highest BCUT2D eigenvalue weighted by Gasteiger charge is 2.26. The van der Waals surface area contributed by atoms with Gasteiger partial charge in [-0.1, -0.05) is 18.2 Å². The lowest BCUT2D eigenvalue weighted by atomic mass is 10.0. The van der Waals surface area contributed by atoms with Gasteiger partial charge in [-0.15, -0.1) is 5.10 Å². The summed E-state index contributed by atoms with van der Waals surface area (Å²) < 4.78 is 7.05. The van der Waals surface area contributed by atoms with Gasteiger partial charge in [0.05, 0.1) is 24.0 Å². The summed E-state index contributed by atoms with van der Waals surface area (Å²) in [4.78, 5) is 17.5. The maximum Gasteiger partial charge on any atom is 0.256 e. The summed E-state index contributed by atoms with van der Waals surface area (Å²) >= 11 is 0. The van der Waals surface area contributed by atoms with Crippen molar-refractivity contribution < 1.29 is 9.53 Å². The molecule has 1 saturated heterocycles. The largest absolute Gasteiger partial charge is 0.495 e. The summed E-state index contributed by atoms with van der Waals surface area (Å²) in [6.45, 7) is 6.78. The molecule has 150 valence electrons. The zero-order chi connectivity index (χ0) is 20.4. The monoisotopic (exact) mass is 392 g/mol. The van der Waals surface area contributed by atoms with Crippen LogP contribution < -0.4 is 9.64 Å². The molecule has 0 aliphatic carbocycles. The standard InChI is InChI=1S/C21H24N6O2/c1-15-8-9-17(20(16(15)2)27-14-22-23-24-27)21(28)26-12-10-25(11-13-26)18-6-4-5-7-19(18)29-3/h4-9,14H,10-13H2,1-3H3. The van der Waals surface area contributed by atoms with Crippen LogP contribution in [0.15, 0.2) is 42.7 Å². The van der Waals surface area contributed by atoms with Gasteiger partial charge >= 0.3 is 0 Å². The number of amides is 1. The van der Waals surface area contributed by atoms with Gasteiger partial charge in [-0.25, -0.2) is 0 Å². The third-order valence-corrected chi connectivity index (χ3v) is 5.50. The lowest BCUT2D eigenvalue weighted by Gasteiger charge is -2.37. The fourth-order valence-corrected chi connectivity index (χ4v) is 3.74. The molecule has 3 aromatic rings.